The van der Waals surface area contributed by atoms with E-state index in [2.05, 4.69) is 5.10 Å². The van der Waals surface area contributed by atoms with Crippen molar-refractivity contribution < 1.29 is 14.6 Å². The maximum Gasteiger partial charge on any atom is 0.184 e. The second kappa shape index (κ2) is 6.45. The van der Waals surface area contributed by atoms with Crippen LogP contribution in [-0.2, 0) is 12.1 Å². The summed E-state index contributed by atoms with van der Waals surface area (Å²) in [5, 5.41) is 25.6. The van der Waals surface area contributed by atoms with Crippen LogP contribution < -0.4 is 0 Å². The van der Waals surface area contributed by atoms with Crippen molar-refractivity contribution in [2.75, 3.05) is 0 Å². The number of aromatic hydroxyl groups is 1. The van der Waals surface area contributed by atoms with Gasteiger partial charge in [-0.1, -0.05) is 37.3 Å². The molecule has 0 aliphatic rings. The van der Waals surface area contributed by atoms with Crippen molar-refractivity contribution in [3.8, 4) is 5.75 Å². The fourth-order valence-corrected chi connectivity index (χ4v) is 2.93. The molecule has 24 heavy (non-hydrogen) atoms. The molecule has 0 aliphatic carbocycles. The average Bonchev–Trinajstić information content (AvgIpc) is 3.12. The predicted molar refractivity (Wildman–Crippen MR) is 89.1 cm³/mol. The third-order valence-electron chi connectivity index (χ3n) is 4.22. The van der Waals surface area contributed by atoms with Gasteiger partial charge in [-0.3, -0.25) is 0 Å². The van der Waals surface area contributed by atoms with E-state index in [0.717, 1.165) is 11.6 Å². The Hall–Kier alpha value is -2.66. The molecule has 1 heterocycles. The van der Waals surface area contributed by atoms with E-state index in [0.29, 0.717) is 17.5 Å². The van der Waals surface area contributed by atoms with Gasteiger partial charge in [-0.05, 0) is 24.1 Å². The molecule has 2 aromatic carbocycles. The van der Waals surface area contributed by atoms with Crippen LogP contribution in [0.1, 0.15) is 30.0 Å². The minimum atomic E-state index is -1.53. The Morgan fingerprint density at radius 3 is 2.54 bits per heavy atom. The molecule has 0 amide bonds. The number of nitrogens with zero attached hydrogens (tertiary/aromatic N) is 2. The maximum absolute atomic E-state index is 14.0. The Kier molecular flexibility index (Phi) is 4.36. The average molecular weight is 326 g/mol. The van der Waals surface area contributed by atoms with E-state index in [1.54, 1.807) is 25.4 Å². The van der Waals surface area contributed by atoms with E-state index >= 15 is 0 Å². The molecular weight excluding hydrogens is 307 g/mol. The largest absolute Gasteiger partial charge is 0.508 e. The minimum absolute atomic E-state index is 0.173. The highest BCUT2D eigenvalue weighted by Crippen LogP contribution is 2.35. The first-order valence-electron chi connectivity index (χ1n) is 7.83. The molecule has 5 heteroatoms. The minimum Gasteiger partial charge on any atom is -0.508 e. The topological polar surface area (TPSA) is 58.3 Å². The van der Waals surface area contributed by atoms with Crippen molar-refractivity contribution in [2.24, 2.45) is 0 Å². The molecule has 3 aromatic rings. The maximum atomic E-state index is 14.0. The lowest BCUT2D eigenvalue weighted by Crippen LogP contribution is -2.35. The summed E-state index contributed by atoms with van der Waals surface area (Å²) >= 11 is 0. The summed E-state index contributed by atoms with van der Waals surface area (Å²) in [6, 6.07) is 13.6. The van der Waals surface area contributed by atoms with Crippen LogP contribution in [-0.4, -0.2) is 20.0 Å². The van der Waals surface area contributed by atoms with Gasteiger partial charge in [0, 0.05) is 36.0 Å². The van der Waals surface area contributed by atoms with Gasteiger partial charge in [0.25, 0.3) is 0 Å². The molecule has 0 aliphatic heterocycles. The zero-order chi connectivity index (χ0) is 17.2. The van der Waals surface area contributed by atoms with Crippen LogP contribution in [0, 0.1) is 5.82 Å². The summed E-state index contributed by atoms with van der Waals surface area (Å²) in [4.78, 5) is 0. The van der Waals surface area contributed by atoms with Crippen LogP contribution in [0.2, 0.25) is 0 Å². The van der Waals surface area contributed by atoms with Crippen molar-refractivity contribution in [1.82, 2.24) is 9.78 Å². The molecular formula is C19H19FN2O2. The van der Waals surface area contributed by atoms with Gasteiger partial charge in [-0.2, -0.15) is 5.10 Å². The van der Waals surface area contributed by atoms with E-state index < -0.39 is 11.5 Å². The van der Waals surface area contributed by atoms with Crippen molar-refractivity contribution >= 4 is 0 Å². The molecule has 3 rings (SSSR count). The quantitative estimate of drug-likeness (QED) is 0.755. The fourth-order valence-electron chi connectivity index (χ4n) is 2.93. The van der Waals surface area contributed by atoms with Gasteiger partial charge in [-0.25, -0.2) is 9.07 Å². The predicted octanol–water partition coefficient (Wildman–Crippen LogP) is 3.42. The van der Waals surface area contributed by atoms with Gasteiger partial charge in [0.2, 0.25) is 0 Å². The first-order chi connectivity index (χ1) is 11.5. The summed E-state index contributed by atoms with van der Waals surface area (Å²) in [7, 11) is 0. The van der Waals surface area contributed by atoms with Gasteiger partial charge < -0.3 is 10.2 Å². The summed E-state index contributed by atoms with van der Waals surface area (Å²) in [6.07, 6.45) is 3.83. The Morgan fingerprint density at radius 2 is 1.92 bits per heavy atom. The molecule has 4 nitrogen and oxygen atoms in total. The van der Waals surface area contributed by atoms with Gasteiger partial charge in [0.1, 0.15) is 11.6 Å². The second-order valence-electron chi connectivity index (χ2n) is 5.73. The van der Waals surface area contributed by atoms with Crippen LogP contribution in [0.5, 0.6) is 5.75 Å². The van der Waals surface area contributed by atoms with Crippen molar-refractivity contribution in [1.29, 1.82) is 0 Å². The summed E-state index contributed by atoms with van der Waals surface area (Å²) in [6.45, 7) is 1.79. The first-order valence-corrected chi connectivity index (χ1v) is 7.83. The monoisotopic (exact) mass is 326 g/mol. The molecule has 0 bridgehead atoms. The lowest BCUT2D eigenvalue weighted by atomic mass is 9.90. The van der Waals surface area contributed by atoms with Crippen molar-refractivity contribution in [3.63, 3.8) is 0 Å². The Bertz CT molecular complexity index is 819. The van der Waals surface area contributed by atoms with E-state index in [-0.39, 0.29) is 12.2 Å². The smallest absolute Gasteiger partial charge is 0.184 e. The highest BCUT2D eigenvalue weighted by atomic mass is 19.1. The standard InChI is InChI=1S/C19H19FN2O2/c1-2-19(24,22-10-6-9-21-22)17-12-15(20)13-18(23)16(17)11-14-7-4-3-5-8-14/h3-10,12-13,23-24H,2,11H2,1H3. The third kappa shape index (κ3) is 2.90. The summed E-state index contributed by atoms with van der Waals surface area (Å²) in [5.74, 6) is -0.772. The third-order valence-corrected chi connectivity index (χ3v) is 4.22. The molecule has 2 N–H and O–H groups in total. The number of aromatic nitrogens is 2. The van der Waals surface area contributed by atoms with Crippen molar-refractivity contribution in [3.05, 3.63) is 83.4 Å². The van der Waals surface area contributed by atoms with Crippen molar-refractivity contribution in [2.45, 2.75) is 25.5 Å². The van der Waals surface area contributed by atoms with E-state index in [4.69, 9.17) is 0 Å². The van der Waals surface area contributed by atoms with E-state index in [9.17, 15) is 14.6 Å². The number of phenolic OH excluding ortho intramolecular Hbond substituents is 1. The SMILES string of the molecule is CCC(O)(c1cc(F)cc(O)c1Cc1ccccc1)n1cccn1. The van der Waals surface area contributed by atoms with Gasteiger partial charge >= 0.3 is 0 Å². The lowest BCUT2D eigenvalue weighted by Gasteiger charge is -2.30. The summed E-state index contributed by atoms with van der Waals surface area (Å²) < 4.78 is 15.3. The van der Waals surface area contributed by atoms with Crippen LogP contribution in [0.15, 0.2) is 60.9 Å². The number of hydrogen-bond donors (Lipinski definition) is 2. The highest BCUT2D eigenvalue weighted by Gasteiger charge is 2.34. The molecule has 1 atom stereocenters. The molecule has 0 saturated heterocycles. The molecule has 0 spiro atoms. The molecule has 0 fully saturated rings. The fraction of sp³-hybridized carbons (Fsp3) is 0.211. The molecule has 1 unspecified atom stereocenters. The lowest BCUT2D eigenvalue weighted by molar-refractivity contribution is -0.0117. The number of rotatable bonds is 5. The zero-order valence-electron chi connectivity index (χ0n) is 13.4. The van der Waals surface area contributed by atoms with E-state index in [1.807, 2.05) is 30.3 Å². The number of benzene rings is 2. The number of aliphatic hydroxyl groups is 1. The Morgan fingerprint density at radius 1 is 1.17 bits per heavy atom. The number of phenols is 1. The Balaban J connectivity index is 2.16. The van der Waals surface area contributed by atoms with Gasteiger partial charge in [0.15, 0.2) is 5.72 Å². The molecule has 1 aromatic heterocycles. The summed E-state index contributed by atoms with van der Waals surface area (Å²) in [5.41, 5.74) is 0.227. The molecule has 0 saturated carbocycles. The normalized spacial score (nSPS) is 13.6. The second-order valence-corrected chi connectivity index (χ2v) is 5.73. The number of hydrogen-bond acceptors (Lipinski definition) is 3. The molecule has 0 radical (unpaired) electrons. The Labute approximate surface area is 139 Å². The molecule has 124 valence electrons. The van der Waals surface area contributed by atoms with Gasteiger partial charge in [-0.15, -0.1) is 0 Å². The first kappa shape index (κ1) is 16.2. The zero-order valence-corrected chi connectivity index (χ0v) is 13.4. The van der Waals surface area contributed by atoms with Gasteiger partial charge in [0.05, 0.1) is 0 Å². The van der Waals surface area contributed by atoms with E-state index in [1.165, 1.54) is 10.7 Å². The van der Waals surface area contributed by atoms with Crippen LogP contribution >= 0.6 is 0 Å². The van der Waals surface area contributed by atoms with Crippen LogP contribution in [0.3, 0.4) is 0 Å². The highest BCUT2D eigenvalue weighted by molar-refractivity contribution is 5.46. The number of halogens is 1. The van der Waals surface area contributed by atoms with Crippen LogP contribution in [0.25, 0.3) is 0 Å². The van der Waals surface area contributed by atoms with Crippen LogP contribution in [0.4, 0.5) is 4.39 Å².